The van der Waals surface area contributed by atoms with Gasteiger partial charge in [-0.15, -0.1) is 0 Å². The maximum absolute atomic E-state index is 11.6. The molecule has 2 unspecified atom stereocenters. The summed E-state index contributed by atoms with van der Waals surface area (Å²) < 4.78 is 0. The van der Waals surface area contributed by atoms with E-state index in [-0.39, 0.29) is 11.8 Å². The van der Waals surface area contributed by atoms with Gasteiger partial charge in [0.2, 0.25) is 5.91 Å². The second-order valence-corrected chi connectivity index (χ2v) is 3.76. The van der Waals surface area contributed by atoms with Crippen LogP contribution in [0.3, 0.4) is 0 Å². The van der Waals surface area contributed by atoms with Gasteiger partial charge in [-0.2, -0.15) is 0 Å². The zero-order chi connectivity index (χ0) is 10.4. The monoisotopic (exact) mass is 196 g/mol. The van der Waals surface area contributed by atoms with E-state index in [1.165, 1.54) is 0 Å². The second kappa shape index (κ2) is 5.50. The molecule has 0 aromatic rings. The van der Waals surface area contributed by atoms with Crippen LogP contribution < -0.4 is 5.32 Å². The summed E-state index contributed by atoms with van der Waals surface area (Å²) in [5, 5.41) is 6.14. The van der Waals surface area contributed by atoms with E-state index in [0.717, 1.165) is 19.3 Å². The Labute approximate surface area is 83.5 Å². The normalized spacial score (nSPS) is 25.5. The highest BCUT2D eigenvalue weighted by Crippen LogP contribution is 2.30. The lowest BCUT2D eigenvalue weighted by atomic mass is 9.97. The van der Waals surface area contributed by atoms with E-state index >= 15 is 0 Å². The Hall–Kier alpha value is -1.22. The Morgan fingerprint density at radius 3 is 3.00 bits per heavy atom. The number of carbonyl (C=O) groups excluding carboxylic acids is 1. The maximum Gasteiger partial charge on any atom is 0.223 e. The standard InChI is InChI=1S/C9H16N4O/c1-7-3-2-4-8(7)9(14)11-5-6-12-13-10/h7-8H,2-6H2,1H3,(H,11,14). The lowest BCUT2D eigenvalue weighted by Gasteiger charge is -2.14. The largest absolute Gasteiger partial charge is 0.356 e. The van der Waals surface area contributed by atoms with Crippen molar-refractivity contribution in [3.8, 4) is 0 Å². The average Bonchev–Trinajstić information content (AvgIpc) is 2.59. The first-order chi connectivity index (χ1) is 6.75. The molecule has 1 fully saturated rings. The molecule has 0 spiro atoms. The summed E-state index contributed by atoms with van der Waals surface area (Å²) in [6.45, 7) is 2.90. The molecule has 1 aliphatic carbocycles. The quantitative estimate of drug-likeness (QED) is 0.316. The first-order valence-corrected chi connectivity index (χ1v) is 5.04. The minimum atomic E-state index is 0.114. The maximum atomic E-state index is 11.6. The molecule has 0 saturated heterocycles. The molecule has 78 valence electrons. The SMILES string of the molecule is CC1CCCC1C(=O)NCCN=[N+]=[N-]. The van der Waals surface area contributed by atoms with Crippen molar-refractivity contribution in [1.29, 1.82) is 0 Å². The molecule has 0 heterocycles. The molecule has 1 N–H and O–H groups in total. The first-order valence-electron chi connectivity index (χ1n) is 5.04. The molecular formula is C9H16N4O. The molecule has 2 atom stereocenters. The first kappa shape index (κ1) is 10.9. The van der Waals surface area contributed by atoms with Gasteiger partial charge in [0.25, 0.3) is 0 Å². The number of hydrogen-bond donors (Lipinski definition) is 1. The van der Waals surface area contributed by atoms with Crippen molar-refractivity contribution in [3.05, 3.63) is 10.4 Å². The number of rotatable bonds is 4. The molecule has 1 saturated carbocycles. The summed E-state index contributed by atoms with van der Waals surface area (Å²) in [6, 6.07) is 0. The van der Waals surface area contributed by atoms with Gasteiger partial charge in [-0.1, -0.05) is 18.5 Å². The number of nitrogens with zero attached hydrogens (tertiary/aromatic N) is 3. The number of azide groups is 1. The van der Waals surface area contributed by atoms with E-state index in [9.17, 15) is 4.79 Å². The molecule has 14 heavy (non-hydrogen) atoms. The molecule has 1 amide bonds. The van der Waals surface area contributed by atoms with E-state index < -0.39 is 0 Å². The van der Waals surface area contributed by atoms with Gasteiger partial charge in [0.05, 0.1) is 0 Å². The summed E-state index contributed by atoms with van der Waals surface area (Å²) in [7, 11) is 0. The van der Waals surface area contributed by atoms with Gasteiger partial charge in [0.1, 0.15) is 0 Å². The highest BCUT2D eigenvalue weighted by Gasteiger charge is 2.28. The summed E-state index contributed by atoms with van der Waals surface area (Å²) in [6.07, 6.45) is 3.29. The Kier molecular flexibility index (Phi) is 4.26. The van der Waals surface area contributed by atoms with Crippen LogP contribution in [-0.4, -0.2) is 19.0 Å². The van der Waals surface area contributed by atoms with Crippen LogP contribution in [0.2, 0.25) is 0 Å². The highest BCUT2D eigenvalue weighted by atomic mass is 16.1. The highest BCUT2D eigenvalue weighted by molar-refractivity contribution is 5.79. The van der Waals surface area contributed by atoms with Gasteiger partial charge < -0.3 is 5.32 Å². The van der Waals surface area contributed by atoms with Gasteiger partial charge >= 0.3 is 0 Å². The molecule has 5 nitrogen and oxygen atoms in total. The number of carbonyl (C=O) groups is 1. The summed E-state index contributed by atoms with van der Waals surface area (Å²) >= 11 is 0. The number of nitrogens with one attached hydrogen (secondary N) is 1. The lowest BCUT2D eigenvalue weighted by molar-refractivity contribution is -0.125. The smallest absolute Gasteiger partial charge is 0.223 e. The molecule has 0 aromatic heterocycles. The fraction of sp³-hybridized carbons (Fsp3) is 0.889. The fourth-order valence-electron chi connectivity index (χ4n) is 1.94. The van der Waals surface area contributed by atoms with Crippen molar-refractivity contribution in [2.45, 2.75) is 26.2 Å². The van der Waals surface area contributed by atoms with Crippen molar-refractivity contribution in [3.63, 3.8) is 0 Å². The summed E-state index contributed by atoms with van der Waals surface area (Å²) in [5.74, 6) is 0.777. The van der Waals surface area contributed by atoms with E-state index in [4.69, 9.17) is 5.53 Å². The third-order valence-corrected chi connectivity index (χ3v) is 2.77. The molecule has 1 aliphatic rings. The Morgan fingerprint density at radius 2 is 2.43 bits per heavy atom. The van der Waals surface area contributed by atoms with Crippen molar-refractivity contribution in [2.75, 3.05) is 13.1 Å². The molecule has 1 rings (SSSR count). The van der Waals surface area contributed by atoms with Crippen LogP contribution >= 0.6 is 0 Å². The minimum Gasteiger partial charge on any atom is -0.356 e. The second-order valence-electron chi connectivity index (χ2n) is 3.76. The van der Waals surface area contributed by atoms with Crippen LogP contribution in [0.4, 0.5) is 0 Å². The summed E-state index contributed by atoms with van der Waals surface area (Å²) in [5.41, 5.74) is 8.03. The third kappa shape index (κ3) is 2.92. The average molecular weight is 196 g/mol. The van der Waals surface area contributed by atoms with Gasteiger partial charge in [-0.3, -0.25) is 4.79 Å². The molecular weight excluding hydrogens is 180 g/mol. The number of hydrogen-bond acceptors (Lipinski definition) is 2. The zero-order valence-electron chi connectivity index (χ0n) is 8.44. The Bertz CT molecular complexity index is 247. The summed E-state index contributed by atoms with van der Waals surface area (Å²) in [4.78, 5) is 14.2. The van der Waals surface area contributed by atoms with Crippen LogP contribution in [0.5, 0.6) is 0 Å². The third-order valence-electron chi connectivity index (χ3n) is 2.77. The van der Waals surface area contributed by atoms with Crippen LogP contribution in [0.15, 0.2) is 5.11 Å². The van der Waals surface area contributed by atoms with E-state index in [0.29, 0.717) is 19.0 Å². The van der Waals surface area contributed by atoms with Crippen molar-refractivity contribution in [1.82, 2.24) is 5.32 Å². The van der Waals surface area contributed by atoms with Gasteiger partial charge in [0, 0.05) is 23.9 Å². The molecule has 0 radical (unpaired) electrons. The molecule has 0 aliphatic heterocycles. The Morgan fingerprint density at radius 1 is 1.64 bits per heavy atom. The number of amides is 1. The molecule has 5 heteroatoms. The van der Waals surface area contributed by atoms with Crippen molar-refractivity contribution < 1.29 is 4.79 Å². The van der Waals surface area contributed by atoms with Crippen LogP contribution in [0.1, 0.15) is 26.2 Å². The van der Waals surface area contributed by atoms with E-state index in [1.54, 1.807) is 0 Å². The fourth-order valence-corrected chi connectivity index (χ4v) is 1.94. The van der Waals surface area contributed by atoms with Gasteiger partial charge in [0.15, 0.2) is 0 Å². The zero-order valence-corrected chi connectivity index (χ0v) is 8.44. The van der Waals surface area contributed by atoms with Gasteiger partial charge in [-0.05, 0) is 24.3 Å². The Balaban J connectivity index is 2.24. The minimum absolute atomic E-state index is 0.114. The van der Waals surface area contributed by atoms with Crippen LogP contribution in [0.25, 0.3) is 10.4 Å². The van der Waals surface area contributed by atoms with E-state index in [2.05, 4.69) is 22.3 Å². The van der Waals surface area contributed by atoms with Crippen molar-refractivity contribution in [2.24, 2.45) is 17.0 Å². The predicted octanol–water partition coefficient (Wildman–Crippen LogP) is 1.85. The topological polar surface area (TPSA) is 77.9 Å². The van der Waals surface area contributed by atoms with Crippen LogP contribution in [0, 0.1) is 11.8 Å². The van der Waals surface area contributed by atoms with Crippen molar-refractivity contribution >= 4 is 5.91 Å². The van der Waals surface area contributed by atoms with Gasteiger partial charge in [-0.25, -0.2) is 0 Å². The van der Waals surface area contributed by atoms with E-state index in [1.807, 2.05) is 0 Å². The predicted molar refractivity (Wildman–Crippen MR) is 53.5 cm³/mol. The van der Waals surface area contributed by atoms with Crippen LogP contribution in [-0.2, 0) is 4.79 Å². The molecule has 0 bridgehead atoms. The molecule has 0 aromatic carbocycles. The lowest BCUT2D eigenvalue weighted by Crippen LogP contribution is -2.33.